The van der Waals surface area contributed by atoms with Crippen LogP contribution in [0.3, 0.4) is 0 Å². The van der Waals surface area contributed by atoms with E-state index in [2.05, 4.69) is 15.1 Å². The average Bonchev–Trinajstić information content (AvgIpc) is 3.59. The molecule has 1 fully saturated rings. The maximum absolute atomic E-state index is 13.2. The van der Waals surface area contributed by atoms with Gasteiger partial charge in [-0.2, -0.15) is 22.9 Å². The summed E-state index contributed by atoms with van der Waals surface area (Å²) < 4.78 is 72.9. The van der Waals surface area contributed by atoms with Gasteiger partial charge in [-0.15, -0.1) is 11.3 Å². The van der Waals surface area contributed by atoms with E-state index in [1.807, 2.05) is 0 Å². The summed E-state index contributed by atoms with van der Waals surface area (Å²) in [4.78, 5) is 25.5. The third-order valence-electron chi connectivity index (χ3n) is 7.87. The van der Waals surface area contributed by atoms with E-state index in [1.54, 1.807) is 24.6 Å². The number of alkyl halides is 3. The van der Waals surface area contributed by atoms with Crippen LogP contribution in [0.5, 0.6) is 0 Å². The molecule has 0 aliphatic heterocycles. The van der Waals surface area contributed by atoms with Crippen molar-refractivity contribution in [3.63, 3.8) is 0 Å². The predicted octanol–water partition coefficient (Wildman–Crippen LogP) is 6.41. The lowest BCUT2D eigenvalue weighted by molar-refractivity contribution is -0.147. The number of hydrogen-bond donors (Lipinski definition) is 2. The minimum absolute atomic E-state index is 0.0235. The van der Waals surface area contributed by atoms with Gasteiger partial charge in [0.1, 0.15) is 6.04 Å². The zero-order valence-corrected chi connectivity index (χ0v) is 25.9. The van der Waals surface area contributed by atoms with Crippen LogP contribution in [0.25, 0.3) is 32.0 Å². The number of nitrogens with one attached hydrogen (secondary N) is 1. The van der Waals surface area contributed by atoms with Gasteiger partial charge in [0, 0.05) is 35.2 Å². The highest BCUT2D eigenvalue weighted by molar-refractivity contribution is 7.89. The maximum Gasteiger partial charge on any atom is 0.404 e. The molecule has 1 aliphatic rings. The fourth-order valence-electron chi connectivity index (χ4n) is 5.29. The van der Waals surface area contributed by atoms with Crippen molar-refractivity contribution >= 4 is 38.1 Å². The topological polar surface area (TPSA) is 148 Å². The van der Waals surface area contributed by atoms with Crippen molar-refractivity contribution in [2.24, 2.45) is 11.3 Å². The Bertz CT molecular complexity index is 1780. The second-order valence-corrected chi connectivity index (χ2v) is 14.5. The minimum atomic E-state index is -4.75. The molecule has 1 aliphatic carbocycles. The standard InChI is InChI=1S/C29H32F3N5O5S2/c1-16(29(30,31)32)37-44(40,41)22-10-9-19(20-15-33-12-11-18(20)22)24-21(13-17-7-5-4-6-8-17)34-26(43-24)25-35-23(42-36-25)14-28(2,3)27(38)39/h9-12,15-17,37H,4-8,13-14H2,1-3H3,(H,38,39). The zero-order chi connectivity index (χ0) is 31.9. The smallest absolute Gasteiger partial charge is 0.404 e. The number of sulfonamides is 1. The highest BCUT2D eigenvalue weighted by Gasteiger charge is 2.39. The molecule has 1 unspecified atom stereocenters. The molecule has 3 aromatic heterocycles. The molecular formula is C29H32F3N5O5S2. The van der Waals surface area contributed by atoms with E-state index in [1.165, 1.54) is 42.3 Å². The van der Waals surface area contributed by atoms with Gasteiger partial charge >= 0.3 is 12.1 Å². The molecule has 15 heteroatoms. The van der Waals surface area contributed by atoms with Crippen molar-refractivity contribution in [1.82, 2.24) is 24.8 Å². The fourth-order valence-corrected chi connectivity index (χ4v) is 7.78. The molecule has 0 amide bonds. The van der Waals surface area contributed by atoms with Gasteiger partial charge in [0.25, 0.3) is 0 Å². The Hall–Kier alpha value is -3.43. The van der Waals surface area contributed by atoms with Crippen LogP contribution < -0.4 is 4.72 Å². The summed E-state index contributed by atoms with van der Waals surface area (Å²) in [5.41, 5.74) is 0.268. The molecule has 236 valence electrons. The van der Waals surface area contributed by atoms with Crippen molar-refractivity contribution < 1.29 is 36.0 Å². The van der Waals surface area contributed by atoms with E-state index >= 15 is 0 Å². The minimum Gasteiger partial charge on any atom is -0.481 e. The van der Waals surface area contributed by atoms with Gasteiger partial charge in [-0.1, -0.05) is 43.3 Å². The second kappa shape index (κ2) is 12.2. The first-order chi connectivity index (χ1) is 20.7. The number of carboxylic acid groups (broad SMARTS) is 1. The number of carboxylic acids is 1. The summed E-state index contributed by atoms with van der Waals surface area (Å²) in [6, 6.07) is 2.04. The number of fused-ring (bicyclic) bond motifs is 1. The SMILES string of the molecule is CC(NS(=O)(=O)c1ccc(-c2sc(-c3noc(CC(C)(C)C(=O)O)n3)nc2CC2CCCCC2)c2cnccc12)C(F)(F)F. The van der Waals surface area contributed by atoms with Crippen molar-refractivity contribution in [3.8, 4) is 21.3 Å². The first-order valence-electron chi connectivity index (χ1n) is 14.2. The van der Waals surface area contributed by atoms with Crippen LogP contribution in [0.2, 0.25) is 0 Å². The van der Waals surface area contributed by atoms with Crippen LogP contribution >= 0.6 is 11.3 Å². The average molecular weight is 652 g/mol. The summed E-state index contributed by atoms with van der Waals surface area (Å²) >= 11 is 1.28. The highest BCUT2D eigenvalue weighted by atomic mass is 32.2. The maximum atomic E-state index is 13.2. The lowest BCUT2D eigenvalue weighted by Crippen LogP contribution is -2.43. The summed E-state index contributed by atoms with van der Waals surface area (Å²) in [6.45, 7) is 3.87. The van der Waals surface area contributed by atoms with E-state index in [4.69, 9.17) is 9.51 Å². The van der Waals surface area contributed by atoms with E-state index in [0.717, 1.165) is 43.2 Å². The van der Waals surface area contributed by atoms with Crippen LogP contribution in [-0.4, -0.2) is 51.8 Å². The number of nitrogens with zero attached hydrogens (tertiary/aromatic N) is 4. The molecule has 0 saturated heterocycles. The van der Waals surface area contributed by atoms with Gasteiger partial charge in [0.15, 0.2) is 5.01 Å². The van der Waals surface area contributed by atoms with Gasteiger partial charge in [-0.25, -0.2) is 13.4 Å². The number of pyridine rings is 1. The molecule has 0 spiro atoms. The van der Waals surface area contributed by atoms with E-state index in [9.17, 15) is 31.5 Å². The van der Waals surface area contributed by atoms with Crippen LogP contribution in [0, 0.1) is 11.3 Å². The number of benzene rings is 1. The molecule has 44 heavy (non-hydrogen) atoms. The molecule has 5 rings (SSSR count). The first kappa shape index (κ1) is 32.0. The number of aliphatic carboxylic acids is 1. The summed E-state index contributed by atoms with van der Waals surface area (Å²) in [5, 5.41) is 14.6. The fraction of sp³-hybridized carbons (Fsp3) is 0.483. The molecule has 0 bridgehead atoms. The zero-order valence-electron chi connectivity index (χ0n) is 24.3. The Morgan fingerprint density at radius 2 is 1.86 bits per heavy atom. The Kier molecular flexibility index (Phi) is 8.84. The van der Waals surface area contributed by atoms with Crippen molar-refractivity contribution in [3.05, 3.63) is 42.2 Å². The van der Waals surface area contributed by atoms with Gasteiger partial charge < -0.3 is 9.63 Å². The van der Waals surface area contributed by atoms with Gasteiger partial charge in [-0.3, -0.25) is 9.78 Å². The van der Waals surface area contributed by atoms with Crippen LogP contribution in [0.1, 0.15) is 64.5 Å². The molecule has 4 aromatic rings. The molecule has 1 aromatic carbocycles. The van der Waals surface area contributed by atoms with Gasteiger partial charge in [0.2, 0.25) is 21.7 Å². The molecule has 0 radical (unpaired) electrons. The van der Waals surface area contributed by atoms with Crippen molar-refractivity contribution in [2.75, 3.05) is 0 Å². The van der Waals surface area contributed by atoms with E-state index in [0.29, 0.717) is 28.3 Å². The second-order valence-electron chi connectivity index (χ2n) is 11.8. The number of aromatic nitrogens is 4. The Morgan fingerprint density at radius 3 is 2.55 bits per heavy atom. The summed E-state index contributed by atoms with van der Waals surface area (Å²) in [6.07, 6.45) is 4.31. The molecule has 1 saturated carbocycles. The summed E-state index contributed by atoms with van der Waals surface area (Å²) in [7, 11) is -4.54. The highest BCUT2D eigenvalue weighted by Crippen LogP contribution is 2.42. The van der Waals surface area contributed by atoms with Crippen LogP contribution in [0.4, 0.5) is 13.2 Å². The van der Waals surface area contributed by atoms with Crippen LogP contribution in [-0.2, 0) is 27.7 Å². The lowest BCUT2D eigenvalue weighted by atomic mass is 9.85. The van der Waals surface area contributed by atoms with Gasteiger partial charge in [-0.05, 0) is 45.2 Å². The molecule has 1 atom stereocenters. The Morgan fingerprint density at radius 1 is 1.14 bits per heavy atom. The number of halogens is 3. The van der Waals surface area contributed by atoms with Crippen molar-refractivity contribution in [1.29, 1.82) is 0 Å². The van der Waals surface area contributed by atoms with E-state index < -0.39 is 33.6 Å². The monoisotopic (exact) mass is 651 g/mol. The normalized spacial score (nSPS) is 16.0. The third-order valence-corrected chi connectivity index (χ3v) is 10.6. The molecule has 2 N–H and O–H groups in total. The predicted molar refractivity (Wildman–Crippen MR) is 157 cm³/mol. The molecular weight excluding hydrogens is 619 g/mol. The largest absolute Gasteiger partial charge is 0.481 e. The third kappa shape index (κ3) is 6.79. The number of rotatable bonds is 10. The van der Waals surface area contributed by atoms with Gasteiger partial charge in [0.05, 0.1) is 20.9 Å². The van der Waals surface area contributed by atoms with Crippen LogP contribution in [0.15, 0.2) is 40.0 Å². The Balaban J connectivity index is 1.59. The number of carbonyl (C=O) groups is 1. The molecule has 3 heterocycles. The number of thiazole rings is 1. The van der Waals surface area contributed by atoms with E-state index in [-0.39, 0.29) is 28.4 Å². The summed E-state index contributed by atoms with van der Waals surface area (Å²) in [5.74, 6) is -0.249. The molecule has 10 nitrogen and oxygen atoms in total. The Labute approximate surface area is 256 Å². The number of hydrogen-bond acceptors (Lipinski definition) is 9. The lowest BCUT2D eigenvalue weighted by Gasteiger charge is -2.21. The quantitative estimate of drug-likeness (QED) is 0.198. The van der Waals surface area contributed by atoms with Crippen molar-refractivity contribution in [2.45, 2.75) is 82.8 Å². The first-order valence-corrected chi connectivity index (χ1v) is 16.5.